The highest BCUT2D eigenvalue weighted by Crippen LogP contribution is 2.37. The van der Waals surface area contributed by atoms with Gasteiger partial charge < -0.3 is 9.84 Å². The van der Waals surface area contributed by atoms with Gasteiger partial charge in [-0.2, -0.15) is 13.2 Å². The number of Topliss-reactive ketones (excluding diaryl/α,β-unsaturated/α-hetero) is 1. The molecule has 9 heteroatoms. The zero-order valence-electron chi connectivity index (χ0n) is 13.5. The van der Waals surface area contributed by atoms with Crippen molar-refractivity contribution < 1.29 is 32.6 Å². The Kier molecular flexibility index (Phi) is 7.25. The van der Waals surface area contributed by atoms with Crippen molar-refractivity contribution in [3.05, 3.63) is 29.8 Å². The number of carboxylic acids is 1. The lowest BCUT2D eigenvalue weighted by Crippen LogP contribution is -2.33. The van der Waals surface area contributed by atoms with Gasteiger partial charge in [0.05, 0.1) is 17.4 Å². The van der Waals surface area contributed by atoms with Gasteiger partial charge in [-0.05, 0) is 19.1 Å². The number of para-hydroxylation sites is 1. The van der Waals surface area contributed by atoms with Crippen LogP contribution in [0, 0.1) is 11.8 Å². The molecule has 1 saturated heterocycles. The molecule has 5 nitrogen and oxygen atoms in total. The van der Waals surface area contributed by atoms with Crippen LogP contribution in [0.15, 0.2) is 24.3 Å². The lowest BCUT2D eigenvalue weighted by Gasteiger charge is -2.18. The number of carbonyl (C=O) groups excluding carboxylic acids is 1. The van der Waals surface area contributed by atoms with Crippen LogP contribution in [0.2, 0.25) is 0 Å². The maximum Gasteiger partial charge on any atom is 0.393 e. The molecule has 1 heterocycles. The van der Waals surface area contributed by atoms with Crippen LogP contribution in [-0.4, -0.2) is 54.2 Å². The number of carbonyl (C=O) groups is 2. The summed E-state index contributed by atoms with van der Waals surface area (Å²) >= 11 is 0. The quantitative estimate of drug-likeness (QED) is 0.767. The molecule has 0 aliphatic carbocycles. The number of hydrogen-bond donors (Lipinski definition) is 1. The highest BCUT2D eigenvalue weighted by molar-refractivity contribution is 5.96. The van der Waals surface area contributed by atoms with E-state index in [1.54, 1.807) is 24.3 Å². The smallest absolute Gasteiger partial charge is 0.393 e. The van der Waals surface area contributed by atoms with E-state index in [0.717, 1.165) is 0 Å². The highest BCUT2D eigenvalue weighted by atomic mass is 35.5. The fourth-order valence-corrected chi connectivity index (χ4v) is 2.82. The van der Waals surface area contributed by atoms with Crippen molar-refractivity contribution in [2.75, 3.05) is 26.2 Å². The molecule has 140 valence electrons. The van der Waals surface area contributed by atoms with Gasteiger partial charge in [0, 0.05) is 19.6 Å². The van der Waals surface area contributed by atoms with Crippen LogP contribution in [0.4, 0.5) is 13.2 Å². The summed E-state index contributed by atoms with van der Waals surface area (Å²) in [4.78, 5) is 23.9. The molecule has 1 aliphatic rings. The second-order valence-electron chi connectivity index (χ2n) is 5.75. The van der Waals surface area contributed by atoms with Crippen LogP contribution in [0.5, 0.6) is 5.75 Å². The number of rotatable bonds is 6. The zero-order valence-corrected chi connectivity index (χ0v) is 14.3. The van der Waals surface area contributed by atoms with E-state index in [-0.39, 0.29) is 44.4 Å². The third kappa shape index (κ3) is 5.34. The minimum absolute atomic E-state index is 0. The van der Waals surface area contributed by atoms with Gasteiger partial charge in [0.1, 0.15) is 12.4 Å². The van der Waals surface area contributed by atoms with Crippen molar-refractivity contribution in [3.8, 4) is 5.75 Å². The van der Waals surface area contributed by atoms with Crippen molar-refractivity contribution in [2.24, 2.45) is 11.8 Å². The summed E-state index contributed by atoms with van der Waals surface area (Å²) in [5, 5.41) is 8.97. The Morgan fingerprint density at radius 3 is 2.44 bits per heavy atom. The molecular formula is C16H19ClF3NO4. The molecule has 0 amide bonds. The first-order valence-corrected chi connectivity index (χ1v) is 7.44. The number of nitrogens with zero attached hydrogens (tertiary/aromatic N) is 1. The molecule has 25 heavy (non-hydrogen) atoms. The van der Waals surface area contributed by atoms with Crippen molar-refractivity contribution in [1.82, 2.24) is 4.90 Å². The number of carboxylic acid groups (broad SMARTS) is 1. The number of benzene rings is 1. The SMILES string of the molecule is CC(=O)c1ccccc1OCCN1C[C@@H](C(F)(F)F)[C@H](C(=O)O)C1.Cl. The number of aliphatic carboxylic acids is 1. The van der Waals surface area contributed by atoms with Gasteiger partial charge in [0.15, 0.2) is 5.78 Å². The monoisotopic (exact) mass is 381 g/mol. The van der Waals surface area contributed by atoms with Crippen molar-refractivity contribution in [3.63, 3.8) is 0 Å². The van der Waals surface area contributed by atoms with Gasteiger partial charge in [0.2, 0.25) is 0 Å². The van der Waals surface area contributed by atoms with Crippen LogP contribution < -0.4 is 4.74 Å². The van der Waals surface area contributed by atoms with Gasteiger partial charge >= 0.3 is 12.1 Å². The minimum Gasteiger partial charge on any atom is -0.491 e. The van der Waals surface area contributed by atoms with E-state index in [1.165, 1.54) is 11.8 Å². The summed E-state index contributed by atoms with van der Waals surface area (Å²) in [6.45, 7) is 1.09. The summed E-state index contributed by atoms with van der Waals surface area (Å²) in [5.74, 6) is -4.59. The van der Waals surface area contributed by atoms with Crippen LogP contribution >= 0.6 is 12.4 Å². The van der Waals surface area contributed by atoms with Crippen molar-refractivity contribution in [2.45, 2.75) is 13.1 Å². The molecule has 0 aromatic heterocycles. The summed E-state index contributed by atoms with van der Waals surface area (Å²) in [6, 6.07) is 6.60. The Morgan fingerprint density at radius 1 is 1.28 bits per heavy atom. The first-order chi connectivity index (χ1) is 11.2. The van der Waals surface area contributed by atoms with Crippen LogP contribution in [0.25, 0.3) is 0 Å². The Labute approximate surface area is 149 Å². The topological polar surface area (TPSA) is 66.8 Å². The first kappa shape index (κ1) is 21.2. The molecule has 0 spiro atoms. The van der Waals surface area contributed by atoms with E-state index in [0.29, 0.717) is 11.3 Å². The Hall–Kier alpha value is -1.80. The predicted molar refractivity (Wildman–Crippen MR) is 86.3 cm³/mol. The van der Waals surface area contributed by atoms with Gasteiger partial charge in [-0.25, -0.2) is 0 Å². The molecule has 1 aromatic carbocycles. The summed E-state index contributed by atoms with van der Waals surface area (Å²) in [6.07, 6.45) is -4.54. The zero-order chi connectivity index (χ0) is 17.9. The first-order valence-electron chi connectivity index (χ1n) is 7.44. The van der Waals surface area contributed by atoms with E-state index in [2.05, 4.69) is 0 Å². The fourth-order valence-electron chi connectivity index (χ4n) is 2.82. The minimum atomic E-state index is -4.54. The maximum absolute atomic E-state index is 12.9. The Balaban J connectivity index is 0.00000312. The molecular weight excluding hydrogens is 363 g/mol. The summed E-state index contributed by atoms with van der Waals surface area (Å²) < 4.78 is 44.2. The third-order valence-corrected chi connectivity index (χ3v) is 4.06. The van der Waals surface area contributed by atoms with E-state index < -0.39 is 24.0 Å². The average Bonchev–Trinajstić information content (AvgIpc) is 2.92. The third-order valence-electron chi connectivity index (χ3n) is 4.06. The molecule has 0 bridgehead atoms. The van der Waals surface area contributed by atoms with Crippen molar-refractivity contribution >= 4 is 24.2 Å². The van der Waals surface area contributed by atoms with Crippen LogP contribution in [0.3, 0.4) is 0 Å². The molecule has 1 aromatic rings. The van der Waals surface area contributed by atoms with E-state index in [4.69, 9.17) is 9.84 Å². The van der Waals surface area contributed by atoms with Gasteiger partial charge in [0.25, 0.3) is 0 Å². The number of alkyl halides is 3. The summed E-state index contributed by atoms with van der Waals surface area (Å²) in [7, 11) is 0. The number of ether oxygens (including phenoxy) is 1. The molecule has 1 aliphatic heterocycles. The average molecular weight is 382 g/mol. The molecule has 0 radical (unpaired) electrons. The van der Waals surface area contributed by atoms with Gasteiger partial charge in [-0.15, -0.1) is 12.4 Å². The lowest BCUT2D eigenvalue weighted by molar-refractivity contribution is -0.188. The lowest BCUT2D eigenvalue weighted by atomic mass is 9.96. The molecule has 2 atom stereocenters. The Morgan fingerprint density at radius 2 is 1.92 bits per heavy atom. The van der Waals surface area contributed by atoms with Gasteiger partial charge in [-0.3, -0.25) is 14.5 Å². The largest absolute Gasteiger partial charge is 0.491 e. The van der Waals surface area contributed by atoms with Crippen LogP contribution in [-0.2, 0) is 4.79 Å². The maximum atomic E-state index is 12.9. The van der Waals surface area contributed by atoms with E-state index in [9.17, 15) is 22.8 Å². The summed E-state index contributed by atoms with van der Waals surface area (Å²) in [5.41, 5.74) is 0.399. The second-order valence-corrected chi connectivity index (χ2v) is 5.75. The molecule has 1 N–H and O–H groups in total. The number of ketones is 1. The molecule has 0 saturated carbocycles. The van der Waals surface area contributed by atoms with Crippen LogP contribution in [0.1, 0.15) is 17.3 Å². The fraction of sp³-hybridized carbons (Fsp3) is 0.500. The number of halogens is 4. The molecule has 2 rings (SSSR count). The normalized spacial score (nSPS) is 20.8. The standard InChI is InChI=1S/C16H18F3NO4.ClH/c1-10(21)11-4-2-3-5-14(11)24-7-6-20-8-12(15(22)23)13(9-20)16(17,18)19;/h2-5,12-13H,6-9H2,1H3,(H,22,23);1H/t12-,13-;/m1./s1. The molecule has 0 unspecified atom stereocenters. The van der Waals surface area contributed by atoms with E-state index in [1.807, 2.05) is 0 Å². The predicted octanol–water partition coefficient (Wildman–Crippen LogP) is 2.88. The number of likely N-dealkylation sites (tertiary alicyclic amines) is 1. The number of hydrogen-bond acceptors (Lipinski definition) is 4. The van der Waals surface area contributed by atoms with Crippen molar-refractivity contribution in [1.29, 1.82) is 0 Å². The Bertz CT molecular complexity index is 624. The van der Waals surface area contributed by atoms with Gasteiger partial charge in [-0.1, -0.05) is 12.1 Å². The van der Waals surface area contributed by atoms with E-state index >= 15 is 0 Å². The highest BCUT2D eigenvalue weighted by Gasteiger charge is 2.52. The second kappa shape index (κ2) is 8.53. The molecule has 1 fully saturated rings.